The first kappa shape index (κ1) is 15.0. The molecule has 4 nitrogen and oxygen atoms in total. The van der Waals surface area contributed by atoms with Crippen LogP contribution in [0.25, 0.3) is 0 Å². The Hall–Kier alpha value is -1.08. The van der Waals surface area contributed by atoms with E-state index >= 15 is 0 Å². The van der Waals surface area contributed by atoms with E-state index in [9.17, 15) is 9.90 Å². The van der Waals surface area contributed by atoms with Gasteiger partial charge in [0, 0.05) is 6.54 Å². The molecule has 0 aromatic heterocycles. The van der Waals surface area contributed by atoms with Gasteiger partial charge in [-0.2, -0.15) is 5.26 Å². The summed E-state index contributed by atoms with van der Waals surface area (Å²) in [6.07, 6.45) is 3.80. The third-order valence-corrected chi connectivity index (χ3v) is 3.75. The Morgan fingerprint density at radius 2 is 2.17 bits per heavy atom. The van der Waals surface area contributed by atoms with Crippen LogP contribution in [0.5, 0.6) is 0 Å². The van der Waals surface area contributed by atoms with Crippen molar-refractivity contribution < 1.29 is 9.90 Å². The molecular weight excluding hydrogens is 228 g/mol. The van der Waals surface area contributed by atoms with Gasteiger partial charge in [-0.05, 0) is 44.9 Å². The van der Waals surface area contributed by atoms with Crippen molar-refractivity contribution in [1.29, 1.82) is 5.26 Å². The number of nitriles is 1. The van der Waals surface area contributed by atoms with E-state index in [1.54, 1.807) is 6.92 Å². The van der Waals surface area contributed by atoms with Crippen LogP contribution >= 0.6 is 0 Å². The molecule has 0 aromatic carbocycles. The van der Waals surface area contributed by atoms with Gasteiger partial charge in [0.2, 0.25) is 5.91 Å². The molecule has 1 unspecified atom stereocenters. The number of aliphatic hydroxyl groups is 1. The van der Waals surface area contributed by atoms with Gasteiger partial charge in [0.1, 0.15) is 5.41 Å². The molecule has 1 atom stereocenters. The van der Waals surface area contributed by atoms with Crippen LogP contribution in [0.4, 0.5) is 0 Å². The molecule has 0 heterocycles. The molecule has 1 aliphatic carbocycles. The molecule has 1 aliphatic rings. The number of nitrogens with zero attached hydrogens (tertiary/aromatic N) is 1. The molecule has 18 heavy (non-hydrogen) atoms. The van der Waals surface area contributed by atoms with E-state index in [4.69, 9.17) is 5.26 Å². The Kier molecular flexibility index (Phi) is 4.75. The minimum absolute atomic E-state index is 0.221. The molecular formula is C14H24N2O2. The van der Waals surface area contributed by atoms with E-state index in [0.29, 0.717) is 25.2 Å². The van der Waals surface area contributed by atoms with Crippen LogP contribution in [-0.2, 0) is 4.79 Å². The second kappa shape index (κ2) is 5.71. The lowest BCUT2D eigenvalue weighted by molar-refractivity contribution is -0.133. The maximum atomic E-state index is 11.9. The summed E-state index contributed by atoms with van der Waals surface area (Å²) < 4.78 is 0. The van der Waals surface area contributed by atoms with E-state index in [0.717, 1.165) is 12.8 Å². The fourth-order valence-electron chi connectivity index (χ4n) is 2.05. The fourth-order valence-corrected chi connectivity index (χ4v) is 2.05. The lowest BCUT2D eigenvalue weighted by Crippen LogP contribution is -2.49. The highest BCUT2D eigenvalue weighted by Crippen LogP contribution is 2.40. The number of hydrogen-bond donors (Lipinski definition) is 2. The van der Waals surface area contributed by atoms with Crippen molar-refractivity contribution in [2.24, 2.45) is 11.3 Å². The van der Waals surface area contributed by atoms with Crippen molar-refractivity contribution in [2.75, 3.05) is 6.54 Å². The first-order chi connectivity index (χ1) is 8.31. The van der Waals surface area contributed by atoms with E-state index in [2.05, 4.69) is 25.2 Å². The molecule has 1 saturated carbocycles. The normalized spacial score (nSPS) is 20.7. The van der Waals surface area contributed by atoms with Crippen molar-refractivity contribution in [1.82, 2.24) is 5.32 Å². The number of rotatable bonds is 6. The number of nitrogens with one attached hydrogen (secondary N) is 1. The van der Waals surface area contributed by atoms with Gasteiger partial charge in [-0.3, -0.25) is 4.79 Å². The summed E-state index contributed by atoms with van der Waals surface area (Å²) in [4.78, 5) is 11.9. The molecule has 1 fully saturated rings. The first-order valence-electron chi connectivity index (χ1n) is 6.73. The lowest BCUT2D eigenvalue weighted by atomic mass is 9.69. The summed E-state index contributed by atoms with van der Waals surface area (Å²) in [7, 11) is 0. The number of hydrogen-bond acceptors (Lipinski definition) is 3. The molecule has 1 rings (SSSR count). The average Bonchev–Trinajstić information content (AvgIpc) is 2.23. The number of carbonyl (C=O) groups is 1. The second-order valence-corrected chi connectivity index (χ2v) is 6.16. The van der Waals surface area contributed by atoms with Crippen molar-refractivity contribution in [3.63, 3.8) is 0 Å². The minimum atomic E-state index is -0.889. The Morgan fingerprint density at radius 3 is 2.56 bits per heavy atom. The van der Waals surface area contributed by atoms with Crippen molar-refractivity contribution in [2.45, 2.75) is 58.5 Å². The Morgan fingerprint density at radius 1 is 1.56 bits per heavy atom. The lowest BCUT2D eigenvalue weighted by Gasteiger charge is -2.34. The molecule has 0 radical (unpaired) electrons. The van der Waals surface area contributed by atoms with E-state index in [1.807, 2.05) is 0 Å². The Labute approximate surface area is 109 Å². The van der Waals surface area contributed by atoms with Crippen LogP contribution in [0.3, 0.4) is 0 Å². The van der Waals surface area contributed by atoms with Crippen LogP contribution in [0.1, 0.15) is 52.9 Å². The number of amides is 1. The molecule has 0 spiro atoms. The van der Waals surface area contributed by atoms with Crippen molar-refractivity contribution in [3.05, 3.63) is 0 Å². The predicted octanol–water partition coefficient (Wildman–Crippen LogP) is 1.98. The van der Waals surface area contributed by atoms with Crippen LogP contribution in [0.15, 0.2) is 0 Å². The largest absolute Gasteiger partial charge is 0.388 e. The maximum absolute atomic E-state index is 11.9. The van der Waals surface area contributed by atoms with Crippen LogP contribution in [-0.4, -0.2) is 23.2 Å². The van der Waals surface area contributed by atoms with Crippen molar-refractivity contribution >= 4 is 5.91 Å². The van der Waals surface area contributed by atoms with Gasteiger partial charge in [0.05, 0.1) is 11.7 Å². The standard InChI is InChI=1S/C14H24N2O2/c1-11(2)5-8-13(3,18)10-16-12(17)14(9-15)6-4-7-14/h11,18H,4-8,10H2,1-3H3,(H,16,17). The highest BCUT2D eigenvalue weighted by molar-refractivity contribution is 5.86. The van der Waals surface area contributed by atoms with Crippen LogP contribution in [0, 0.1) is 22.7 Å². The summed E-state index contributed by atoms with van der Waals surface area (Å²) in [6, 6.07) is 2.11. The molecule has 2 N–H and O–H groups in total. The highest BCUT2D eigenvalue weighted by Gasteiger charge is 2.44. The SMILES string of the molecule is CC(C)CCC(C)(O)CNC(=O)C1(C#N)CCC1. The summed E-state index contributed by atoms with van der Waals surface area (Å²) in [5, 5.41) is 21.9. The molecule has 0 aromatic rings. The van der Waals surface area contributed by atoms with E-state index in [-0.39, 0.29) is 12.5 Å². The van der Waals surface area contributed by atoms with Crippen LogP contribution < -0.4 is 5.32 Å². The third-order valence-electron chi connectivity index (χ3n) is 3.75. The topological polar surface area (TPSA) is 73.1 Å². The summed E-state index contributed by atoms with van der Waals surface area (Å²) in [5.41, 5.74) is -1.71. The summed E-state index contributed by atoms with van der Waals surface area (Å²) >= 11 is 0. The van der Waals surface area contributed by atoms with Crippen LogP contribution in [0.2, 0.25) is 0 Å². The maximum Gasteiger partial charge on any atom is 0.240 e. The zero-order chi connectivity index (χ0) is 13.8. The van der Waals surface area contributed by atoms with E-state index in [1.165, 1.54) is 0 Å². The molecule has 0 saturated heterocycles. The average molecular weight is 252 g/mol. The van der Waals surface area contributed by atoms with E-state index < -0.39 is 11.0 Å². The van der Waals surface area contributed by atoms with Gasteiger partial charge in [0.25, 0.3) is 0 Å². The third kappa shape index (κ3) is 3.71. The summed E-state index contributed by atoms with van der Waals surface area (Å²) in [6.45, 7) is 6.17. The van der Waals surface area contributed by atoms with Gasteiger partial charge < -0.3 is 10.4 Å². The Balaban J connectivity index is 2.40. The van der Waals surface area contributed by atoms with Crippen molar-refractivity contribution in [3.8, 4) is 6.07 Å². The van der Waals surface area contributed by atoms with Gasteiger partial charge in [-0.1, -0.05) is 13.8 Å². The highest BCUT2D eigenvalue weighted by atomic mass is 16.3. The van der Waals surface area contributed by atoms with Gasteiger partial charge in [0.15, 0.2) is 0 Å². The quantitative estimate of drug-likeness (QED) is 0.759. The molecule has 102 valence electrons. The molecule has 4 heteroatoms. The monoisotopic (exact) mass is 252 g/mol. The fraction of sp³-hybridized carbons (Fsp3) is 0.857. The smallest absolute Gasteiger partial charge is 0.240 e. The predicted molar refractivity (Wildman–Crippen MR) is 69.6 cm³/mol. The zero-order valence-electron chi connectivity index (χ0n) is 11.6. The van der Waals surface area contributed by atoms with Gasteiger partial charge >= 0.3 is 0 Å². The number of carbonyl (C=O) groups excluding carboxylic acids is 1. The first-order valence-corrected chi connectivity index (χ1v) is 6.73. The second-order valence-electron chi connectivity index (χ2n) is 6.16. The summed E-state index contributed by atoms with van der Waals surface area (Å²) in [5.74, 6) is 0.310. The Bertz CT molecular complexity index is 338. The van der Waals surface area contributed by atoms with Gasteiger partial charge in [-0.15, -0.1) is 0 Å². The molecule has 1 amide bonds. The van der Waals surface area contributed by atoms with Gasteiger partial charge in [-0.25, -0.2) is 0 Å². The zero-order valence-corrected chi connectivity index (χ0v) is 11.6. The molecule has 0 aliphatic heterocycles. The minimum Gasteiger partial charge on any atom is -0.388 e. The molecule has 0 bridgehead atoms.